The number of Topliss-reactive ketones (excluding diaryl/α,β-unsaturated/α-hetero) is 1. The first-order chi connectivity index (χ1) is 9.79. The number of rotatable bonds is 5. The van der Waals surface area contributed by atoms with E-state index >= 15 is 0 Å². The molecular weight excluding hydrogens is 279 g/mol. The summed E-state index contributed by atoms with van der Waals surface area (Å²) in [6, 6.07) is 5.08. The molecule has 0 aliphatic heterocycles. The maximum atomic E-state index is 12.5. The van der Waals surface area contributed by atoms with Gasteiger partial charge in [0.2, 0.25) is 0 Å². The van der Waals surface area contributed by atoms with Crippen LogP contribution >= 0.6 is 0 Å². The van der Waals surface area contributed by atoms with Gasteiger partial charge in [0.1, 0.15) is 0 Å². The lowest BCUT2D eigenvalue weighted by molar-refractivity contribution is -0.141. The Bertz CT molecular complexity index is 535. The molecule has 1 fully saturated rings. The summed E-state index contributed by atoms with van der Waals surface area (Å²) in [4.78, 5) is 13.8. The predicted molar refractivity (Wildman–Crippen MR) is 74.7 cm³/mol. The zero-order valence-electron chi connectivity index (χ0n) is 11.9. The monoisotopic (exact) mass is 297 g/mol. The van der Waals surface area contributed by atoms with Crippen LogP contribution in [0.25, 0.3) is 0 Å². The van der Waals surface area contributed by atoms with Gasteiger partial charge in [0.15, 0.2) is 5.78 Å². The molecule has 0 radical (unpaired) electrons. The van der Waals surface area contributed by atoms with E-state index in [4.69, 9.17) is 0 Å². The zero-order chi connectivity index (χ0) is 15.7. The molecule has 0 spiro atoms. The van der Waals surface area contributed by atoms with Gasteiger partial charge in [-0.15, -0.1) is 6.58 Å². The predicted octanol–water partition coefficient (Wildman–Crippen LogP) is 3.82. The Hall–Kier alpha value is -1.62. The van der Waals surface area contributed by atoms with Crippen molar-refractivity contribution in [2.45, 2.75) is 37.5 Å². The van der Waals surface area contributed by atoms with Crippen molar-refractivity contribution in [2.75, 3.05) is 7.05 Å². The lowest BCUT2D eigenvalue weighted by atomic mass is 9.71. The van der Waals surface area contributed by atoms with Crippen LogP contribution in [-0.4, -0.2) is 23.3 Å². The fraction of sp³-hybridized carbons (Fsp3) is 0.438. The first kappa shape index (κ1) is 15.8. The van der Waals surface area contributed by atoms with Gasteiger partial charge < -0.3 is 0 Å². The lowest BCUT2D eigenvalue weighted by Gasteiger charge is -2.46. The van der Waals surface area contributed by atoms with E-state index in [0.717, 1.165) is 24.1 Å². The van der Waals surface area contributed by atoms with Crippen molar-refractivity contribution in [1.29, 1.82) is 0 Å². The van der Waals surface area contributed by atoms with Gasteiger partial charge in [-0.1, -0.05) is 18.2 Å². The Morgan fingerprint density at radius 3 is 2.33 bits per heavy atom. The second kappa shape index (κ2) is 5.64. The summed E-state index contributed by atoms with van der Waals surface area (Å²) in [5, 5.41) is 0. The molecule has 1 aliphatic carbocycles. The number of nitrogens with zero attached hydrogens (tertiary/aromatic N) is 1. The lowest BCUT2D eigenvalue weighted by Crippen LogP contribution is -2.58. The van der Waals surface area contributed by atoms with Crippen LogP contribution in [0.2, 0.25) is 0 Å². The van der Waals surface area contributed by atoms with E-state index in [1.165, 1.54) is 12.1 Å². The number of halogens is 3. The van der Waals surface area contributed by atoms with Gasteiger partial charge in [-0.3, -0.25) is 9.69 Å². The van der Waals surface area contributed by atoms with Crippen molar-refractivity contribution in [2.24, 2.45) is 0 Å². The van der Waals surface area contributed by atoms with Crippen molar-refractivity contribution < 1.29 is 18.0 Å². The van der Waals surface area contributed by atoms with Crippen LogP contribution in [0.3, 0.4) is 0 Å². The average Bonchev–Trinajstić information content (AvgIpc) is 2.42. The van der Waals surface area contributed by atoms with Crippen LogP contribution in [0, 0.1) is 0 Å². The Morgan fingerprint density at radius 1 is 1.33 bits per heavy atom. The van der Waals surface area contributed by atoms with Gasteiger partial charge in [-0.05, 0) is 37.6 Å². The summed E-state index contributed by atoms with van der Waals surface area (Å²) in [6.07, 6.45) is -0.693. The van der Waals surface area contributed by atoms with E-state index in [2.05, 4.69) is 6.58 Å². The normalized spacial score (nSPS) is 22.2. The summed E-state index contributed by atoms with van der Waals surface area (Å²) in [6.45, 7) is 4.13. The van der Waals surface area contributed by atoms with Crippen LogP contribution in [0.5, 0.6) is 0 Å². The maximum absolute atomic E-state index is 12.5. The molecule has 0 N–H and O–H groups in total. The van der Waals surface area contributed by atoms with Crippen molar-refractivity contribution in [3.63, 3.8) is 0 Å². The average molecular weight is 297 g/mol. The fourth-order valence-corrected chi connectivity index (χ4v) is 2.75. The smallest absolute Gasteiger partial charge is 0.298 e. The highest BCUT2D eigenvalue weighted by Gasteiger charge is 2.47. The van der Waals surface area contributed by atoms with Crippen molar-refractivity contribution in [1.82, 2.24) is 4.90 Å². The molecule has 0 aromatic heterocycles. The van der Waals surface area contributed by atoms with Crippen LogP contribution < -0.4 is 0 Å². The number of benzene rings is 1. The molecule has 1 saturated carbocycles. The summed E-state index contributed by atoms with van der Waals surface area (Å²) in [5.74, 6) is 0.178. The van der Waals surface area contributed by atoms with Crippen molar-refractivity contribution in [3.8, 4) is 0 Å². The van der Waals surface area contributed by atoms with E-state index in [-0.39, 0.29) is 5.78 Å². The fourth-order valence-electron chi connectivity index (χ4n) is 2.75. The first-order valence-electron chi connectivity index (χ1n) is 6.81. The maximum Gasteiger partial charge on any atom is 0.416 e. The summed E-state index contributed by atoms with van der Waals surface area (Å²) in [7, 11) is 1.83. The Kier molecular flexibility index (Phi) is 4.23. The quantitative estimate of drug-likeness (QED) is 0.770. The van der Waals surface area contributed by atoms with E-state index in [9.17, 15) is 18.0 Å². The first-order valence-corrected chi connectivity index (χ1v) is 6.81. The summed E-state index contributed by atoms with van der Waals surface area (Å²) >= 11 is 0. The molecule has 1 atom stereocenters. The molecule has 0 heterocycles. The number of likely N-dealkylation sites (N-methyl/N-ethyl adjacent to an activating group) is 1. The van der Waals surface area contributed by atoms with Crippen molar-refractivity contribution >= 4 is 5.78 Å². The van der Waals surface area contributed by atoms with Crippen LogP contribution in [0.15, 0.2) is 36.9 Å². The number of carbonyl (C=O) groups is 1. The summed E-state index contributed by atoms with van der Waals surface area (Å²) < 4.78 is 37.6. The van der Waals surface area contributed by atoms with Gasteiger partial charge >= 0.3 is 6.18 Å². The molecule has 1 aliphatic rings. The van der Waals surface area contributed by atoms with Gasteiger partial charge in [0, 0.05) is 13.0 Å². The topological polar surface area (TPSA) is 20.3 Å². The highest BCUT2D eigenvalue weighted by atomic mass is 19.4. The number of alkyl halides is 3. The third kappa shape index (κ3) is 3.02. The third-order valence-electron chi connectivity index (χ3n) is 4.20. The molecule has 1 aromatic rings. The Balaban J connectivity index is 2.10. The highest BCUT2D eigenvalue weighted by Crippen LogP contribution is 2.37. The summed E-state index contributed by atoms with van der Waals surface area (Å²) in [5.41, 5.74) is -0.423. The molecule has 2 rings (SSSR count). The van der Waals surface area contributed by atoms with Gasteiger partial charge in [0.25, 0.3) is 0 Å². The Labute approximate surface area is 122 Å². The molecule has 21 heavy (non-hydrogen) atoms. The van der Waals surface area contributed by atoms with Gasteiger partial charge in [-0.2, -0.15) is 13.2 Å². The van der Waals surface area contributed by atoms with E-state index in [1.54, 1.807) is 6.08 Å². The molecule has 5 heteroatoms. The highest BCUT2D eigenvalue weighted by molar-refractivity contribution is 5.94. The second-order valence-electron chi connectivity index (χ2n) is 5.50. The number of hydrogen-bond donors (Lipinski definition) is 0. The van der Waals surface area contributed by atoms with E-state index in [1.807, 2.05) is 11.9 Å². The largest absolute Gasteiger partial charge is 0.416 e. The van der Waals surface area contributed by atoms with Crippen LogP contribution in [-0.2, 0) is 17.5 Å². The molecule has 0 saturated heterocycles. The molecular formula is C16H18F3NO. The van der Waals surface area contributed by atoms with E-state index < -0.39 is 17.3 Å². The number of hydrogen-bond acceptors (Lipinski definition) is 2. The van der Waals surface area contributed by atoms with E-state index in [0.29, 0.717) is 19.4 Å². The minimum absolute atomic E-state index is 0.178. The molecule has 114 valence electrons. The number of ketones is 1. The zero-order valence-corrected chi connectivity index (χ0v) is 11.9. The third-order valence-corrected chi connectivity index (χ3v) is 4.20. The van der Waals surface area contributed by atoms with Crippen LogP contribution in [0.4, 0.5) is 13.2 Å². The van der Waals surface area contributed by atoms with Gasteiger partial charge in [-0.25, -0.2) is 0 Å². The second-order valence-corrected chi connectivity index (χ2v) is 5.50. The minimum Gasteiger partial charge on any atom is -0.298 e. The van der Waals surface area contributed by atoms with Crippen molar-refractivity contribution in [3.05, 3.63) is 48.0 Å². The van der Waals surface area contributed by atoms with Crippen LogP contribution in [0.1, 0.15) is 30.4 Å². The minimum atomic E-state index is -4.32. The molecule has 0 bridgehead atoms. The van der Waals surface area contributed by atoms with Gasteiger partial charge in [0.05, 0.1) is 11.1 Å². The molecule has 2 nitrogen and oxygen atoms in total. The molecule has 0 amide bonds. The molecule has 1 unspecified atom stereocenters. The Morgan fingerprint density at radius 2 is 1.95 bits per heavy atom. The standard InChI is InChI=1S/C16H18F3NO/c1-3-9-15(10-8-14(15)21)20(2)11-12-4-6-13(7-5-12)16(17,18)19/h3-7H,1,8-11H2,2H3. The SMILES string of the molecule is C=CCC1(N(C)Cc2ccc(C(F)(F)F)cc2)CCC1=O. The molecule has 1 aromatic carbocycles. The number of carbonyl (C=O) groups excluding carboxylic acids is 1.